The van der Waals surface area contributed by atoms with Crippen molar-refractivity contribution in [1.29, 1.82) is 0 Å². The number of carbonyl (C=O) groups is 1. The Morgan fingerprint density at radius 3 is 1.95 bits per heavy atom. The predicted molar refractivity (Wildman–Crippen MR) is 147 cm³/mol. The summed E-state index contributed by atoms with van der Waals surface area (Å²) in [6.07, 6.45) is 3.63. The lowest BCUT2D eigenvalue weighted by Gasteiger charge is -2.19. The molecule has 2 aliphatic rings. The van der Waals surface area contributed by atoms with Crippen LogP contribution in [0.15, 0.2) is 36.4 Å². The van der Waals surface area contributed by atoms with Crippen molar-refractivity contribution in [3.05, 3.63) is 47.5 Å². The molecule has 0 bridgehead atoms. The van der Waals surface area contributed by atoms with Gasteiger partial charge in [-0.25, -0.2) is 0 Å². The van der Waals surface area contributed by atoms with Gasteiger partial charge in [0.1, 0.15) is 11.5 Å². The van der Waals surface area contributed by atoms with E-state index in [9.17, 15) is 9.90 Å². The molecule has 2 aliphatic heterocycles. The van der Waals surface area contributed by atoms with E-state index in [1.54, 1.807) is 6.92 Å². The fourth-order valence-corrected chi connectivity index (χ4v) is 5.52. The van der Waals surface area contributed by atoms with Gasteiger partial charge in [-0.1, -0.05) is 24.3 Å². The van der Waals surface area contributed by atoms with Crippen molar-refractivity contribution in [3.8, 4) is 22.6 Å². The molecule has 7 heteroatoms. The van der Waals surface area contributed by atoms with Crippen LogP contribution < -0.4 is 14.8 Å². The lowest BCUT2D eigenvalue weighted by atomic mass is 9.95. The Hall–Kier alpha value is -2.61. The van der Waals surface area contributed by atoms with Crippen molar-refractivity contribution in [2.75, 3.05) is 52.5 Å². The third kappa shape index (κ3) is 7.69. The van der Waals surface area contributed by atoms with Crippen LogP contribution in [0.5, 0.6) is 11.5 Å². The van der Waals surface area contributed by atoms with Crippen molar-refractivity contribution >= 4 is 5.91 Å². The Kier molecular flexibility index (Phi) is 9.83. The minimum atomic E-state index is -0.170. The van der Waals surface area contributed by atoms with Gasteiger partial charge in [0.25, 0.3) is 0 Å². The first-order valence-electron chi connectivity index (χ1n) is 13.8. The molecule has 2 heterocycles. The molecule has 7 nitrogen and oxygen atoms in total. The van der Waals surface area contributed by atoms with E-state index in [2.05, 4.69) is 53.2 Å². The van der Waals surface area contributed by atoms with E-state index in [0.717, 1.165) is 87.6 Å². The summed E-state index contributed by atoms with van der Waals surface area (Å²) in [4.78, 5) is 16.0. The number of aliphatic hydroxyl groups is 1. The summed E-state index contributed by atoms with van der Waals surface area (Å²) >= 11 is 0. The molecule has 2 atom stereocenters. The number of ether oxygens (including phenoxy) is 2. The minimum absolute atomic E-state index is 0.0527. The number of hydrogen-bond donors (Lipinski definition) is 2. The third-order valence-electron chi connectivity index (χ3n) is 7.54. The average molecular weight is 510 g/mol. The number of likely N-dealkylation sites (tertiary alicyclic amines) is 2. The van der Waals surface area contributed by atoms with E-state index >= 15 is 0 Å². The second-order valence-electron chi connectivity index (χ2n) is 10.5. The number of hydrogen-bond acceptors (Lipinski definition) is 6. The Morgan fingerprint density at radius 1 is 0.892 bits per heavy atom. The Bertz CT molecular complexity index is 1040. The van der Waals surface area contributed by atoms with Gasteiger partial charge in [-0.3, -0.25) is 4.79 Å². The van der Waals surface area contributed by atoms with Gasteiger partial charge >= 0.3 is 0 Å². The molecule has 2 aromatic rings. The predicted octanol–water partition coefficient (Wildman–Crippen LogP) is 3.79. The van der Waals surface area contributed by atoms with Crippen LogP contribution in [0, 0.1) is 13.8 Å². The number of β-amino-alcohol motifs (C(OH)–C–C–N with tert-alkyl or cyclic N) is 1. The van der Waals surface area contributed by atoms with E-state index in [1.807, 2.05) is 12.1 Å². The normalized spacial score (nSPS) is 20.3. The van der Waals surface area contributed by atoms with Gasteiger partial charge in [-0.2, -0.15) is 0 Å². The smallest absolute Gasteiger partial charge is 0.217 e. The number of benzene rings is 2. The fourth-order valence-electron chi connectivity index (χ4n) is 5.52. The maximum Gasteiger partial charge on any atom is 0.217 e. The summed E-state index contributed by atoms with van der Waals surface area (Å²) in [5, 5.41) is 12.7. The molecule has 0 unspecified atom stereocenters. The van der Waals surface area contributed by atoms with Crippen molar-refractivity contribution in [1.82, 2.24) is 15.1 Å². The zero-order valence-corrected chi connectivity index (χ0v) is 22.7. The van der Waals surface area contributed by atoms with Crippen molar-refractivity contribution < 1.29 is 19.4 Å². The van der Waals surface area contributed by atoms with Gasteiger partial charge in [0, 0.05) is 52.2 Å². The molecule has 4 rings (SSSR count). The lowest BCUT2D eigenvalue weighted by Crippen LogP contribution is -2.35. The summed E-state index contributed by atoms with van der Waals surface area (Å²) in [6, 6.07) is 12.8. The van der Waals surface area contributed by atoms with Crippen LogP contribution in [0.4, 0.5) is 0 Å². The summed E-state index contributed by atoms with van der Waals surface area (Å²) < 4.78 is 12.4. The lowest BCUT2D eigenvalue weighted by molar-refractivity contribution is -0.119. The van der Waals surface area contributed by atoms with Crippen molar-refractivity contribution in [2.24, 2.45) is 0 Å². The Labute approximate surface area is 221 Å². The van der Waals surface area contributed by atoms with Crippen LogP contribution in [0.1, 0.15) is 43.7 Å². The highest BCUT2D eigenvalue weighted by molar-refractivity contribution is 5.74. The van der Waals surface area contributed by atoms with Gasteiger partial charge in [0.2, 0.25) is 5.91 Å². The molecular weight excluding hydrogens is 466 g/mol. The zero-order chi connectivity index (χ0) is 26.2. The summed E-state index contributed by atoms with van der Waals surface area (Å²) in [7, 11) is 0. The highest BCUT2D eigenvalue weighted by Gasteiger charge is 2.22. The van der Waals surface area contributed by atoms with Crippen LogP contribution in [0.2, 0.25) is 0 Å². The molecule has 1 amide bonds. The number of amides is 1. The number of nitrogens with zero attached hydrogens (tertiary/aromatic N) is 2. The van der Waals surface area contributed by atoms with Gasteiger partial charge in [0.05, 0.1) is 19.3 Å². The van der Waals surface area contributed by atoms with Crippen LogP contribution in [0.3, 0.4) is 0 Å². The number of nitrogens with one attached hydrogen (secondary N) is 1. The van der Waals surface area contributed by atoms with Crippen LogP contribution in [0.25, 0.3) is 11.1 Å². The molecule has 2 saturated heterocycles. The Balaban J connectivity index is 1.28. The summed E-state index contributed by atoms with van der Waals surface area (Å²) in [6.45, 7) is 12.8. The summed E-state index contributed by atoms with van der Waals surface area (Å²) in [5.74, 6) is 1.90. The first kappa shape index (κ1) is 27.4. The van der Waals surface area contributed by atoms with E-state index in [-0.39, 0.29) is 18.1 Å². The maximum absolute atomic E-state index is 11.3. The standard InChI is InChI=1S/C30H43N3O4/c1-22-27(8-4-10-29(22)36-18-6-14-32-16-12-25(20-32)31-24(3)34)28-9-5-11-30(23(28)2)37-19-7-15-33-17-13-26(35)21-33/h4-5,8-11,25-26,35H,6-7,12-21H2,1-3H3,(H,31,34)/t25-,26-/m1/s1. The van der Waals surface area contributed by atoms with E-state index < -0.39 is 0 Å². The largest absolute Gasteiger partial charge is 0.493 e. The number of carbonyl (C=O) groups excluding carboxylic acids is 1. The Morgan fingerprint density at radius 2 is 1.43 bits per heavy atom. The molecule has 202 valence electrons. The van der Waals surface area contributed by atoms with Gasteiger partial charge in [-0.05, 0) is 73.9 Å². The fraction of sp³-hybridized carbons (Fsp3) is 0.567. The topological polar surface area (TPSA) is 74.3 Å². The van der Waals surface area contributed by atoms with Crippen LogP contribution >= 0.6 is 0 Å². The van der Waals surface area contributed by atoms with Crippen molar-refractivity contribution in [2.45, 2.75) is 58.6 Å². The molecule has 2 N–H and O–H groups in total. The second-order valence-corrected chi connectivity index (χ2v) is 10.5. The summed E-state index contributed by atoms with van der Waals surface area (Å²) in [5.41, 5.74) is 4.62. The molecule has 0 saturated carbocycles. The molecule has 0 spiro atoms. The third-order valence-corrected chi connectivity index (χ3v) is 7.54. The molecule has 2 fully saturated rings. The quantitative estimate of drug-likeness (QED) is 0.424. The first-order valence-corrected chi connectivity index (χ1v) is 13.8. The van der Waals surface area contributed by atoms with Crippen LogP contribution in [-0.4, -0.2) is 85.4 Å². The van der Waals surface area contributed by atoms with Crippen LogP contribution in [-0.2, 0) is 4.79 Å². The highest BCUT2D eigenvalue weighted by Crippen LogP contribution is 2.35. The van der Waals surface area contributed by atoms with E-state index in [1.165, 1.54) is 11.1 Å². The zero-order valence-electron chi connectivity index (χ0n) is 22.7. The highest BCUT2D eigenvalue weighted by atomic mass is 16.5. The number of aliphatic hydroxyl groups excluding tert-OH is 1. The van der Waals surface area contributed by atoms with Gasteiger partial charge in [0.15, 0.2) is 0 Å². The minimum Gasteiger partial charge on any atom is -0.493 e. The molecule has 0 aliphatic carbocycles. The van der Waals surface area contributed by atoms with E-state index in [4.69, 9.17) is 9.47 Å². The monoisotopic (exact) mass is 509 g/mol. The van der Waals surface area contributed by atoms with E-state index in [0.29, 0.717) is 13.2 Å². The molecule has 0 radical (unpaired) electrons. The number of rotatable bonds is 12. The SMILES string of the molecule is CC(=O)N[C@@H]1CCN(CCCOc2cccc(-c3cccc(OCCCN4CC[C@@H](O)C4)c3C)c2C)C1. The maximum atomic E-state index is 11.3. The molecular formula is C30H43N3O4. The average Bonchev–Trinajstić information content (AvgIpc) is 3.49. The van der Waals surface area contributed by atoms with Gasteiger partial charge in [-0.15, -0.1) is 0 Å². The molecule has 37 heavy (non-hydrogen) atoms. The molecule has 2 aromatic carbocycles. The molecule has 0 aromatic heterocycles. The first-order chi connectivity index (χ1) is 17.9. The van der Waals surface area contributed by atoms with Gasteiger partial charge < -0.3 is 29.7 Å². The second kappa shape index (κ2) is 13.3. The van der Waals surface area contributed by atoms with Crippen molar-refractivity contribution in [3.63, 3.8) is 0 Å².